The Kier molecular flexibility index (Phi) is 5.14. The highest BCUT2D eigenvalue weighted by Gasteiger charge is 2.29. The van der Waals surface area contributed by atoms with Crippen LogP contribution in [0, 0.1) is 0 Å². The fourth-order valence-corrected chi connectivity index (χ4v) is 2.89. The highest BCUT2D eigenvalue weighted by molar-refractivity contribution is 6.24. The van der Waals surface area contributed by atoms with E-state index in [0.29, 0.717) is 13.1 Å². The van der Waals surface area contributed by atoms with E-state index in [0.717, 1.165) is 11.1 Å². The maximum Gasteiger partial charge on any atom is 0.258 e. The van der Waals surface area contributed by atoms with Crippen LogP contribution in [0.1, 0.15) is 18.1 Å². The van der Waals surface area contributed by atoms with Gasteiger partial charge in [0.15, 0.2) is 5.78 Å². The fourth-order valence-electron chi connectivity index (χ4n) is 2.89. The lowest BCUT2D eigenvalue weighted by atomic mass is 9.93. The summed E-state index contributed by atoms with van der Waals surface area (Å²) in [5, 5.41) is 10.2. The smallest absolute Gasteiger partial charge is 0.258 e. The minimum atomic E-state index is -1.30. The van der Waals surface area contributed by atoms with E-state index < -0.39 is 5.60 Å². The first-order valence-corrected chi connectivity index (χ1v) is 8.50. The van der Waals surface area contributed by atoms with Crippen molar-refractivity contribution in [3.63, 3.8) is 0 Å². The molecule has 0 aliphatic heterocycles. The summed E-state index contributed by atoms with van der Waals surface area (Å²) in [5.41, 5.74) is 0.652. The minimum Gasteiger partial charge on any atom is -0.382 e. The number of allylic oxidation sites excluding steroid dienone is 1. The van der Waals surface area contributed by atoms with Crippen molar-refractivity contribution in [2.45, 2.75) is 25.6 Å². The molecule has 0 saturated heterocycles. The van der Waals surface area contributed by atoms with Crippen molar-refractivity contribution in [3.8, 4) is 0 Å². The zero-order valence-corrected chi connectivity index (χ0v) is 14.6. The van der Waals surface area contributed by atoms with Crippen LogP contribution in [0.25, 0.3) is 0 Å². The molecule has 4 heteroatoms. The molecule has 1 aliphatic rings. The molecule has 0 unspecified atom stereocenters. The molecule has 0 bridgehead atoms. The molecule has 0 saturated carbocycles. The molecule has 0 spiro atoms. The highest BCUT2D eigenvalue weighted by atomic mass is 16.3. The lowest BCUT2D eigenvalue weighted by molar-refractivity contribution is -0.130. The molecule has 2 aromatic carbocycles. The number of aliphatic hydroxyl groups is 1. The number of hydrogen-bond donors (Lipinski definition) is 1. The lowest BCUT2D eigenvalue weighted by Gasteiger charge is -2.26. The number of ketones is 1. The van der Waals surface area contributed by atoms with E-state index in [4.69, 9.17) is 0 Å². The first kappa shape index (κ1) is 17.8. The number of nitrogens with zero attached hydrogens (tertiary/aromatic N) is 1. The van der Waals surface area contributed by atoms with Crippen LogP contribution in [-0.4, -0.2) is 27.3 Å². The van der Waals surface area contributed by atoms with Gasteiger partial charge in [0.05, 0.1) is 11.2 Å². The monoisotopic (exact) mass is 347 g/mol. The van der Waals surface area contributed by atoms with Gasteiger partial charge in [0, 0.05) is 13.1 Å². The van der Waals surface area contributed by atoms with E-state index in [2.05, 4.69) is 0 Å². The quantitative estimate of drug-likeness (QED) is 0.846. The summed E-state index contributed by atoms with van der Waals surface area (Å²) < 4.78 is 0. The van der Waals surface area contributed by atoms with Crippen molar-refractivity contribution in [2.24, 2.45) is 0 Å². The molecule has 0 aromatic heterocycles. The molecule has 1 N–H and O–H groups in total. The van der Waals surface area contributed by atoms with E-state index in [1.165, 1.54) is 18.2 Å². The summed E-state index contributed by atoms with van der Waals surface area (Å²) in [7, 11) is 0. The Morgan fingerprint density at radius 1 is 0.962 bits per heavy atom. The summed E-state index contributed by atoms with van der Waals surface area (Å²) in [5.74, 6) is -0.764. The predicted molar refractivity (Wildman–Crippen MR) is 100.0 cm³/mol. The third kappa shape index (κ3) is 4.35. The van der Waals surface area contributed by atoms with Crippen molar-refractivity contribution < 1.29 is 14.7 Å². The van der Waals surface area contributed by atoms with Gasteiger partial charge in [-0.15, -0.1) is 0 Å². The lowest BCUT2D eigenvalue weighted by Crippen LogP contribution is -2.36. The van der Waals surface area contributed by atoms with Gasteiger partial charge in [-0.05, 0) is 36.3 Å². The van der Waals surface area contributed by atoms with Gasteiger partial charge < -0.3 is 10.0 Å². The number of rotatable bonds is 5. The summed E-state index contributed by atoms with van der Waals surface area (Å²) in [6.45, 7) is 2.30. The van der Waals surface area contributed by atoms with Crippen molar-refractivity contribution in [1.29, 1.82) is 0 Å². The molecule has 26 heavy (non-hydrogen) atoms. The summed E-state index contributed by atoms with van der Waals surface area (Å²) >= 11 is 0. The summed E-state index contributed by atoms with van der Waals surface area (Å²) in [4.78, 5) is 26.9. The second kappa shape index (κ2) is 7.50. The van der Waals surface area contributed by atoms with E-state index in [9.17, 15) is 14.7 Å². The molecule has 132 valence electrons. The molecule has 0 radical (unpaired) electrons. The molecule has 4 nitrogen and oxygen atoms in total. The molecular weight excluding hydrogens is 326 g/mol. The highest BCUT2D eigenvalue weighted by Crippen LogP contribution is 2.21. The molecule has 3 rings (SSSR count). The average Bonchev–Trinajstić information content (AvgIpc) is 2.64. The third-order valence-corrected chi connectivity index (χ3v) is 4.22. The Morgan fingerprint density at radius 3 is 1.96 bits per heavy atom. The number of benzene rings is 2. The molecule has 1 amide bonds. The van der Waals surface area contributed by atoms with Gasteiger partial charge in [-0.25, -0.2) is 0 Å². The van der Waals surface area contributed by atoms with Crippen LogP contribution in [0.2, 0.25) is 0 Å². The number of carbonyl (C=O) groups is 2. The van der Waals surface area contributed by atoms with Gasteiger partial charge in [0.2, 0.25) is 0 Å². The molecule has 1 atom stereocenters. The van der Waals surface area contributed by atoms with Crippen LogP contribution < -0.4 is 0 Å². The van der Waals surface area contributed by atoms with Gasteiger partial charge in [-0.2, -0.15) is 0 Å². The molecule has 0 fully saturated rings. The van der Waals surface area contributed by atoms with E-state index >= 15 is 0 Å². The van der Waals surface area contributed by atoms with Gasteiger partial charge in [-0.3, -0.25) is 9.59 Å². The maximum absolute atomic E-state index is 13.1. The Labute approximate surface area is 153 Å². The molecular formula is C22H21NO3. The Bertz CT molecular complexity index is 810. The molecule has 0 heterocycles. The predicted octanol–water partition coefficient (Wildman–Crippen LogP) is 3.03. The zero-order chi connectivity index (χ0) is 18.6. The Hall–Kier alpha value is -2.98. The molecule has 2 aromatic rings. The second-order valence-corrected chi connectivity index (χ2v) is 6.61. The Morgan fingerprint density at radius 2 is 1.46 bits per heavy atom. The Balaban J connectivity index is 1.90. The maximum atomic E-state index is 13.1. The third-order valence-electron chi connectivity index (χ3n) is 4.22. The summed E-state index contributed by atoms with van der Waals surface area (Å²) in [6.07, 6.45) is 3.99. The van der Waals surface area contributed by atoms with E-state index in [-0.39, 0.29) is 17.3 Å². The minimum absolute atomic E-state index is 0.00404. The van der Waals surface area contributed by atoms with Crippen LogP contribution in [-0.2, 0) is 22.7 Å². The van der Waals surface area contributed by atoms with Crippen LogP contribution in [0.4, 0.5) is 0 Å². The van der Waals surface area contributed by atoms with Gasteiger partial charge in [-0.1, -0.05) is 60.7 Å². The van der Waals surface area contributed by atoms with Crippen LogP contribution in [0.3, 0.4) is 0 Å². The standard InChI is InChI=1S/C22H21NO3/c1-22(26)13-12-20(24)19(14-22)21(25)23(15-17-8-4-2-5-9-17)16-18-10-6-3-7-11-18/h2-14,26H,15-16H2,1H3/t22-/m1/s1. The number of hydrogen-bond acceptors (Lipinski definition) is 3. The van der Waals surface area contributed by atoms with Gasteiger partial charge in [0.1, 0.15) is 0 Å². The fraction of sp³-hybridized carbons (Fsp3) is 0.182. The first-order chi connectivity index (χ1) is 12.4. The average molecular weight is 347 g/mol. The number of amides is 1. The van der Waals surface area contributed by atoms with Crippen molar-refractivity contribution in [3.05, 3.63) is 95.6 Å². The molecule has 1 aliphatic carbocycles. The van der Waals surface area contributed by atoms with E-state index in [1.807, 2.05) is 60.7 Å². The van der Waals surface area contributed by atoms with Crippen molar-refractivity contribution in [2.75, 3.05) is 0 Å². The van der Waals surface area contributed by atoms with Gasteiger partial charge in [0.25, 0.3) is 5.91 Å². The first-order valence-electron chi connectivity index (χ1n) is 8.50. The van der Waals surface area contributed by atoms with Crippen molar-refractivity contribution >= 4 is 11.7 Å². The van der Waals surface area contributed by atoms with Crippen molar-refractivity contribution in [1.82, 2.24) is 4.90 Å². The topological polar surface area (TPSA) is 57.6 Å². The SMILES string of the molecule is C[C@@]1(O)C=CC(=O)C(C(=O)N(Cc2ccccc2)Cc2ccccc2)=C1. The van der Waals surface area contributed by atoms with Crippen LogP contribution in [0.5, 0.6) is 0 Å². The number of carbonyl (C=O) groups excluding carboxylic acids is 2. The van der Waals surface area contributed by atoms with Gasteiger partial charge >= 0.3 is 0 Å². The summed E-state index contributed by atoms with van der Waals surface area (Å²) in [6, 6.07) is 19.3. The normalized spacial score (nSPS) is 19.2. The largest absolute Gasteiger partial charge is 0.382 e. The van der Waals surface area contributed by atoms with Crippen LogP contribution in [0.15, 0.2) is 84.5 Å². The zero-order valence-electron chi connectivity index (χ0n) is 14.6. The van der Waals surface area contributed by atoms with E-state index in [1.54, 1.807) is 11.8 Å². The van der Waals surface area contributed by atoms with Crippen LogP contribution >= 0.6 is 0 Å². The second-order valence-electron chi connectivity index (χ2n) is 6.61.